The number of amides is 1. The normalized spacial score (nSPS) is 11.2. The molecule has 0 aromatic heterocycles. The van der Waals surface area contributed by atoms with Crippen LogP contribution in [0.25, 0.3) is 0 Å². The van der Waals surface area contributed by atoms with Gasteiger partial charge in [0.15, 0.2) is 0 Å². The SMILES string of the molecule is NSCc1ccc(NC(=O)C(F)(F)F)cc1. The number of hydrogen-bond acceptors (Lipinski definition) is 3. The first-order valence-corrected chi connectivity index (χ1v) is 5.27. The molecule has 3 nitrogen and oxygen atoms in total. The van der Waals surface area contributed by atoms with Crippen LogP contribution in [0.4, 0.5) is 18.9 Å². The Bertz CT molecular complexity index is 364. The molecule has 0 saturated carbocycles. The number of nitrogens with one attached hydrogen (secondary N) is 1. The number of carbonyl (C=O) groups is 1. The van der Waals surface area contributed by atoms with Crippen LogP contribution in [0, 0.1) is 0 Å². The molecule has 16 heavy (non-hydrogen) atoms. The Morgan fingerprint density at radius 2 is 1.88 bits per heavy atom. The van der Waals surface area contributed by atoms with Crippen molar-refractivity contribution in [2.45, 2.75) is 11.9 Å². The van der Waals surface area contributed by atoms with Gasteiger partial charge in [-0.25, -0.2) is 0 Å². The van der Waals surface area contributed by atoms with Crippen LogP contribution in [-0.4, -0.2) is 12.1 Å². The van der Waals surface area contributed by atoms with Gasteiger partial charge in [-0.15, -0.1) is 0 Å². The number of nitrogens with two attached hydrogens (primary N) is 1. The minimum atomic E-state index is -4.87. The Balaban J connectivity index is 2.65. The van der Waals surface area contributed by atoms with Crippen LogP contribution in [0.1, 0.15) is 5.56 Å². The Hall–Kier alpha value is -1.21. The fraction of sp³-hybridized carbons (Fsp3) is 0.222. The Morgan fingerprint density at radius 1 is 1.31 bits per heavy atom. The molecular weight excluding hydrogens is 241 g/mol. The molecule has 3 N–H and O–H groups in total. The van der Waals surface area contributed by atoms with Crippen molar-refractivity contribution >= 4 is 23.5 Å². The van der Waals surface area contributed by atoms with Crippen molar-refractivity contribution in [1.82, 2.24) is 0 Å². The molecule has 0 spiro atoms. The molecule has 0 aliphatic rings. The van der Waals surface area contributed by atoms with E-state index >= 15 is 0 Å². The van der Waals surface area contributed by atoms with Crippen LogP contribution in [-0.2, 0) is 10.5 Å². The number of alkyl halides is 3. The van der Waals surface area contributed by atoms with Gasteiger partial charge < -0.3 is 5.32 Å². The third kappa shape index (κ3) is 3.74. The zero-order valence-corrected chi connectivity index (χ0v) is 8.86. The summed E-state index contributed by atoms with van der Waals surface area (Å²) < 4.78 is 35.7. The quantitative estimate of drug-likeness (QED) is 0.809. The highest BCUT2D eigenvalue weighted by molar-refractivity contribution is 7.96. The molecule has 0 fully saturated rings. The van der Waals surface area contributed by atoms with E-state index in [2.05, 4.69) is 0 Å². The lowest BCUT2D eigenvalue weighted by Gasteiger charge is -2.08. The molecule has 1 aromatic carbocycles. The molecule has 1 amide bonds. The molecule has 0 bridgehead atoms. The molecule has 7 heteroatoms. The lowest BCUT2D eigenvalue weighted by molar-refractivity contribution is -0.167. The molecule has 0 heterocycles. The molecule has 1 rings (SSSR count). The van der Waals surface area contributed by atoms with E-state index in [1.807, 2.05) is 0 Å². The summed E-state index contributed by atoms with van der Waals surface area (Å²) in [5.41, 5.74) is 0.977. The third-order valence-corrected chi connectivity index (χ3v) is 2.22. The van der Waals surface area contributed by atoms with Crippen LogP contribution < -0.4 is 10.5 Å². The minimum Gasteiger partial charge on any atom is -0.318 e. The average Bonchev–Trinajstić information content (AvgIpc) is 2.20. The highest BCUT2D eigenvalue weighted by atomic mass is 32.2. The second-order valence-electron chi connectivity index (χ2n) is 2.96. The molecule has 0 radical (unpaired) electrons. The summed E-state index contributed by atoms with van der Waals surface area (Å²) in [6, 6.07) is 6.00. The highest BCUT2D eigenvalue weighted by Gasteiger charge is 2.38. The van der Waals surface area contributed by atoms with Gasteiger partial charge in [-0.2, -0.15) is 13.2 Å². The van der Waals surface area contributed by atoms with Gasteiger partial charge in [-0.3, -0.25) is 9.93 Å². The maximum atomic E-state index is 11.9. The van der Waals surface area contributed by atoms with E-state index in [-0.39, 0.29) is 5.69 Å². The molecule has 88 valence electrons. The summed E-state index contributed by atoms with van der Waals surface area (Å²) in [5, 5.41) is 6.98. The largest absolute Gasteiger partial charge is 0.471 e. The van der Waals surface area contributed by atoms with Gasteiger partial charge in [0.1, 0.15) is 0 Å². The second kappa shape index (κ2) is 5.22. The summed E-state index contributed by atoms with van der Waals surface area (Å²) in [4.78, 5) is 10.6. The Kier molecular flexibility index (Phi) is 4.19. The lowest BCUT2D eigenvalue weighted by Crippen LogP contribution is -2.29. The monoisotopic (exact) mass is 250 g/mol. The Morgan fingerprint density at radius 3 is 2.31 bits per heavy atom. The smallest absolute Gasteiger partial charge is 0.318 e. The number of rotatable bonds is 3. The number of hydrogen-bond donors (Lipinski definition) is 2. The van der Waals surface area contributed by atoms with Crippen LogP contribution in [0.15, 0.2) is 24.3 Å². The topological polar surface area (TPSA) is 55.1 Å². The minimum absolute atomic E-state index is 0.105. The Labute approximate surface area is 94.3 Å². The van der Waals surface area contributed by atoms with E-state index in [9.17, 15) is 18.0 Å². The number of anilines is 1. The summed E-state index contributed by atoms with van der Waals surface area (Å²) in [5.74, 6) is -1.42. The van der Waals surface area contributed by atoms with Crippen molar-refractivity contribution in [2.75, 3.05) is 5.32 Å². The van der Waals surface area contributed by atoms with E-state index in [0.717, 1.165) is 17.5 Å². The highest BCUT2D eigenvalue weighted by Crippen LogP contribution is 2.19. The van der Waals surface area contributed by atoms with E-state index < -0.39 is 12.1 Å². The van der Waals surface area contributed by atoms with Gasteiger partial charge in [0.05, 0.1) is 0 Å². The molecular formula is C9H9F3N2OS. The van der Waals surface area contributed by atoms with E-state index in [1.54, 1.807) is 17.4 Å². The van der Waals surface area contributed by atoms with Crippen molar-refractivity contribution in [3.05, 3.63) is 29.8 Å². The first kappa shape index (κ1) is 12.9. The average molecular weight is 250 g/mol. The first-order valence-electron chi connectivity index (χ1n) is 4.22. The van der Waals surface area contributed by atoms with Crippen LogP contribution in [0.3, 0.4) is 0 Å². The van der Waals surface area contributed by atoms with Crippen LogP contribution in [0.2, 0.25) is 0 Å². The number of halogens is 3. The van der Waals surface area contributed by atoms with Crippen LogP contribution >= 0.6 is 11.9 Å². The fourth-order valence-corrected chi connectivity index (χ4v) is 1.37. The molecule has 1 aromatic rings. The van der Waals surface area contributed by atoms with Crippen molar-refractivity contribution in [1.29, 1.82) is 0 Å². The van der Waals surface area contributed by atoms with Gasteiger partial charge in [0.25, 0.3) is 0 Å². The predicted octanol–water partition coefficient (Wildman–Crippen LogP) is 2.29. The zero-order chi connectivity index (χ0) is 12.2. The first-order chi connectivity index (χ1) is 7.43. The van der Waals surface area contributed by atoms with Crippen LogP contribution in [0.5, 0.6) is 0 Å². The lowest BCUT2D eigenvalue weighted by atomic mass is 10.2. The van der Waals surface area contributed by atoms with Crippen molar-refractivity contribution in [3.8, 4) is 0 Å². The number of carbonyl (C=O) groups excluding carboxylic acids is 1. The third-order valence-electron chi connectivity index (χ3n) is 1.72. The van der Waals surface area contributed by atoms with Gasteiger partial charge in [0.2, 0.25) is 0 Å². The molecule has 0 aliphatic heterocycles. The maximum absolute atomic E-state index is 11.9. The molecule has 0 saturated heterocycles. The summed E-state index contributed by atoms with van der Waals surface area (Å²) >= 11 is 1.11. The fourth-order valence-electron chi connectivity index (χ4n) is 0.982. The summed E-state index contributed by atoms with van der Waals surface area (Å²) in [6.07, 6.45) is -4.87. The van der Waals surface area contributed by atoms with Crippen molar-refractivity contribution in [2.24, 2.45) is 5.14 Å². The van der Waals surface area contributed by atoms with Crippen molar-refractivity contribution < 1.29 is 18.0 Å². The summed E-state index contributed by atoms with van der Waals surface area (Å²) in [7, 11) is 0. The molecule has 0 atom stereocenters. The standard InChI is InChI=1S/C9H9F3N2OS/c10-9(11,12)8(15)14-7-3-1-6(2-4-7)5-16-13/h1-4H,5,13H2,(H,14,15). The van der Waals surface area contributed by atoms with E-state index in [0.29, 0.717) is 5.75 Å². The molecule has 0 aliphatic carbocycles. The van der Waals surface area contributed by atoms with Gasteiger partial charge >= 0.3 is 12.1 Å². The van der Waals surface area contributed by atoms with Gasteiger partial charge in [-0.1, -0.05) is 24.1 Å². The predicted molar refractivity (Wildman–Crippen MR) is 56.6 cm³/mol. The van der Waals surface area contributed by atoms with Crippen molar-refractivity contribution in [3.63, 3.8) is 0 Å². The van der Waals surface area contributed by atoms with E-state index in [4.69, 9.17) is 5.14 Å². The van der Waals surface area contributed by atoms with Gasteiger partial charge in [-0.05, 0) is 17.7 Å². The number of benzene rings is 1. The van der Waals surface area contributed by atoms with E-state index in [1.165, 1.54) is 12.1 Å². The summed E-state index contributed by atoms with van der Waals surface area (Å²) in [6.45, 7) is 0. The zero-order valence-electron chi connectivity index (χ0n) is 8.04. The maximum Gasteiger partial charge on any atom is 0.471 e. The molecule has 0 unspecified atom stereocenters. The van der Waals surface area contributed by atoms with Gasteiger partial charge in [0, 0.05) is 11.4 Å². The second-order valence-corrected chi connectivity index (χ2v) is 3.58.